The van der Waals surface area contributed by atoms with E-state index in [2.05, 4.69) is 43.2 Å². The van der Waals surface area contributed by atoms with E-state index >= 15 is 0 Å². The number of nitrogens with one attached hydrogen (secondary N) is 1. The number of pyridine rings is 1. The van der Waals surface area contributed by atoms with Gasteiger partial charge in [-0.1, -0.05) is 26.8 Å². The van der Waals surface area contributed by atoms with Gasteiger partial charge in [0.2, 0.25) is 0 Å². The first-order valence-electron chi connectivity index (χ1n) is 6.27. The van der Waals surface area contributed by atoms with Crippen molar-refractivity contribution in [2.75, 3.05) is 11.9 Å². The number of fused-ring (bicyclic) bond motifs is 1. The summed E-state index contributed by atoms with van der Waals surface area (Å²) in [6.07, 6.45) is 4.81. The minimum Gasteiger partial charge on any atom is -0.370 e. The van der Waals surface area contributed by atoms with Crippen molar-refractivity contribution in [1.29, 1.82) is 0 Å². The number of rotatable bonds is 3. The van der Waals surface area contributed by atoms with Crippen molar-refractivity contribution in [3.63, 3.8) is 0 Å². The van der Waals surface area contributed by atoms with E-state index < -0.39 is 0 Å². The largest absolute Gasteiger partial charge is 0.370 e. The van der Waals surface area contributed by atoms with Crippen LogP contribution in [0.3, 0.4) is 0 Å². The summed E-state index contributed by atoms with van der Waals surface area (Å²) in [5, 5.41) is 3.42. The fourth-order valence-electron chi connectivity index (χ4n) is 2.08. The lowest BCUT2D eigenvalue weighted by molar-refractivity contribution is 0.389. The van der Waals surface area contributed by atoms with Gasteiger partial charge in [0.15, 0.2) is 0 Å². The van der Waals surface area contributed by atoms with E-state index in [0.717, 1.165) is 18.8 Å². The summed E-state index contributed by atoms with van der Waals surface area (Å²) in [6, 6.07) is 4.35. The van der Waals surface area contributed by atoms with Crippen LogP contribution in [0.4, 0.5) is 5.82 Å². The van der Waals surface area contributed by atoms with Crippen molar-refractivity contribution >= 4 is 5.82 Å². The topological polar surface area (TPSA) is 24.9 Å². The van der Waals surface area contributed by atoms with Gasteiger partial charge in [-0.05, 0) is 42.7 Å². The minimum atomic E-state index is 0.393. The fraction of sp³-hybridized carbons (Fsp3) is 0.643. The maximum Gasteiger partial charge on any atom is 0.126 e. The van der Waals surface area contributed by atoms with Gasteiger partial charge >= 0.3 is 0 Å². The third kappa shape index (κ3) is 2.97. The predicted molar refractivity (Wildman–Crippen MR) is 68.8 cm³/mol. The first-order chi connectivity index (χ1) is 7.54. The van der Waals surface area contributed by atoms with Crippen LogP contribution >= 0.6 is 0 Å². The number of aromatic nitrogens is 1. The monoisotopic (exact) mass is 218 g/mol. The van der Waals surface area contributed by atoms with Crippen LogP contribution in [0.15, 0.2) is 12.1 Å². The molecule has 0 bridgehead atoms. The molecule has 16 heavy (non-hydrogen) atoms. The molecule has 2 nitrogen and oxygen atoms in total. The lowest BCUT2D eigenvalue weighted by atomic mass is 9.92. The average molecular weight is 218 g/mol. The standard InChI is InChI=1S/C14H22N2/c1-14(2,3)9-10-15-13-8-7-11-5-4-6-12(11)16-13/h7-8H,4-6,9-10H2,1-3H3,(H,15,16). The number of hydrogen-bond donors (Lipinski definition) is 1. The molecule has 0 aromatic carbocycles. The normalized spacial score (nSPS) is 14.9. The van der Waals surface area contributed by atoms with Crippen LogP contribution in [0.2, 0.25) is 0 Å². The molecule has 0 amide bonds. The lowest BCUT2D eigenvalue weighted by Gasteiger charge is -2.18. The lowest BCUT2D eigenvalue weighted by Crippen LogP contribution is -2.13. The predicted octanol–water partition coefficient (Wildman–Crippen LogP) is 3.42. The molecule has 2 rings (SSSR count). The van der Waals surface area contributed by atoms with Crippen molar-refractivity contribution in [3.8, 4) is 0 Å². The summed E-state index contributed by atoms with van der Waals surface area (Å²) in [5.74, 6) is 1.05. The Morgan fingerprint density at radius 1 is 1.25 bits per heavy atom. The van der Waals surface area contributed by atoms with Crippen LogP contribution in [0.1, 0.15) is 44.9 Å². The molecule has 0 aliphatic heterocycles. The molecular formula is C14H22N2. The zero-order valence-electron chi connectivity index (χ0n) is 10.6. The van der Waals surface area contributed by atoms with Gasteiger partial charge < -0.3 is 5.32 Å². The molecule has 1 aromatic rings. The third-order valence-corrected chi connectivity index (χ3v) is 3.11. The summed E-state index contributed by atoms with van der Waals surface area (Å²) >= 11 is 0. The molecule has 0 spiro atoms. The van der Waals surface area contributed by atoms with E-state index in [1.807, 2.05) is 0 Å². The van der Waals surface area contributed by atoms with Crippen LogP contribution in [0.5, 0.6) is 0 Å². The highest BCUT2D eigenvalue weighted by molar-refractivity contribution is 5.40. The van der Waals surface area contributed by atoms with E-state index in [0.29, 0.717) is 5.41 Å². The quantitative estimate of drug-likeness (QED) is 0.841. The van der Waals surface area contributed by atoms with E-state index in [1.54, 1.807) is 0 Å². The number of aryl methyl sites for hydroxylation is 2. The van der Waals surface area contributed by atoms with Crippen LogP contribution in [0.25, 0.3) is 0 Å². The highest BCUT2D eigenvalue weighted by atomic mass is 15.0. The van der Waals surface area contributed by atoms with Crippen LogP contribution in [-0.4, -0.2) is 11.5 Å². The summed E-state index contributed by atoms with van der Waals surface area (Å²) in [6.45, 7) is 7.82. The summed E-state index contributed by atoms with van der Waals surface area (Å²) in [5.41, 5.74) is 3.14. The highest BCUT2D eigenvalue weighted by Crippen LogP contribution is 2.22. The molecule has 0 atom stereocenters. The number of anilines is 1. The second-order valence-corrected chi connectivity index (χ2v) is 5.89. The van der Waals surface area contributed by atoms with Gasteiger partial charge in [0.1, 0.15) is 5.82 Å². The van der Waals surface area contributed by atoms with Gasteiger partial charge in [0, 0.05) is 12.2 Å². The third-order valence-electron chi connectivity index (χ3n) is 3.11. The summed E-state index contributed by atoms with van der Waals surface area (Å²) in [4.78, 5) is 4.66. The van der Waals surface area contributed by atoms with Crippen LogP contribution in [-0.2, 0) is 12.8 Å². The molecule has 0 saturated carbocycles. The molecule has 0 saturated heterocycles. The zero-order chi connectivity index (χ0) is 11.6. The Bertz CT molecular complexity index is 363. The summed E-state index contributed by atoms with van der Waals surface area (Å²) in [7, 11) is 0. The maximum absolute atomic E-state index is 4.66. The van der Waals surface area contributed by atoms with E-state index in [9.17, 15) is 0 Å². The van der Waals surface area contributed by atoms with Crippen molar-refractivity contribution in [2.45, 2.75) is 46.5 Å². The minimum absolute atomic E-state index is 0.393. The molecule has 2 heteroatoms. The van der Waals surface area contributed by atoms with Gasteiger partial charge in [-0.2, -0.15) is 0 Å². The first kappa shape index (κ1) is 11.4. The Labute approximate surface area is 98.5 Å². The molecular weight excluding hydrogens is 196 g/mol. The molecule has 0 radical (unpaired) electrons. The number of hydrogen-bond acceptors (Lipinski definition) is 2. The van der Waals surface area contributed by atoms with Crippen molar-refractivity contribution in [2.24, 2.45) is 5.41 Å². The van der Waals surface area contributed by atoms with Crippen molar-refractivity contribution in [1.82, 2.24) is 4.98 Å². The number of nitrogens with zero attached hydrogens (tertiary/aromatic N) is 1. The van der Waals surface area contributed by atoms with Gasteiger partial charge in [-0.3, -0.25) is 0 Å². The second kappa shape index (κ2) is 4.44. The SMILES string of the molecule is CC(C)(C)CCNc1ccc2c(n1)CCC2. The zero-order valence-corrected chi connectivity index (χ0v) is 10.6. The molecule has 1 heterocycles. The first-order valence-corrected chi connectivity index (χ1v) is 6.27. The molecule has 1 aromatic heterocycles. The second-order valence-electron chi connectivity index (χ2n) is 5.89. The molecule has 0 fully saturated rings. The van der Waals surface area contributed by atoms with Gasteiger partial charge in [-0.25, -0.2) is 4.98 Å². The molecule has 1 aliphatic carbocycles. The van der Waals surface area contributed by atoms with Gasteiger partial charge in [0.05, 0.1) is 0 Å². The Hall–Kier alpha value is -1.05. The van der Waals surface area contributed by atoms with E-state index in [1.165, 1.54) is 30.5 Å². The van der Waals surface area contributed by atoms with Crippen molar-refractivity contribution < 1.29 is 0 Å². The Balaban J connectivity index is 1.91. The van der Waals surface area contributed by atoms with Crippen LogP contribution < -0.4 is 5.32 Å². The smallest absolute Gasteiger partial charge is 0.126 e. The van der Waals surface area contributed by atoms with Crippen LogP contribution in [0, 0.1) is 5.41 Å². The Morgan fingerprint density at radius 3 is 2.81 bits per heavy atom. The average Bonchev–Trinajstić information content (AvgIpc) is 2.62. The highest BCUT2D eigenvalue weighted by Gasteiger charge is 2.13. The van der Waals surface area contributed by atoms with E-state index in [4.69, 9.17) is 0 Å². The van der Waals surface area contributed by atoms with Gasteiger partial charge in [-0.15, -0.1) is 0 Å². The molecule has 88 valence electrons. The Kier molecular flexibility index (Phi) is 3.17. The van der Waals surface area contributed by atoms with Gasteiger partial charge in [0.25, 0.3) is 0 Å². The fourth-order valence-corrected chi connectivity index (χ4v) is 2.08. The summed E-state index contributed by atoms with van der Waals surface area (Å²) < 4.78 is 0. The van der Waals surface area contributed by atoms with E-state index in [-0.39, 0.29) is 0 Å². The molecule has 1 N–H and O–H groups in total. The molecule has 1 aliphatic rings. The molecule has 0 unspecified atom stereocenters. The maximum atomic E-state index is 4.66. The van der Waals surface area contributed by atoms with Crippen molar-refractivity contribution in [3.05, 3.63) is 23.4 Å². The Morgan fingerprint density at radius 2 is 2.06 bits per heavy atom.